The van der Waals surface area contributed by atoms with Crippen LogP contribution in [0, 0.1) is 13.8 Å². The first-order chi connectivity index (χ1) is 11.5. The highest BCUT2D eigenvalue weighted by atomic mass is 32.1. The maximum atomic E-state index is 5.59. The summed E-state index contributed by atoms with van der Waals surface area (Å²) in [5, 5.41) is 4.70. The summed E-state index contributed by atoms with van der Waals surface area (Å²) in [6, 6.07) is 4.57. The molecule has 24 heavy (non-hydrogen) atoms. The molecule has 3 heterocycles. The number of hydrogen-bond donors (Lipinski definition) is 1. The van der Waals surface area contributed by atoms with Gasteiger partial charge in [-0.2, -0.15) is 0 Å². The fourth-order valence-electron chi connectivity index (χ4n) is 3.05. The lowest BCUT2D eigenvalue weighted by atomic mass is 10.2. The van der Waals surface area contributed by atoms with E-state index in [0.29, 0.717) is 6.04 Å². The first-order valence-electron chi connectivity index (χ1n) is 8.51. The van der Waals surface area contributed by atoms with E-state index in [2.05, 4.69) is 60.0 Å². The molecule has 0 aromatic carbocycles. The summed E-state index contributed by atoms with van der Waals surface area (Å²) >= 11 is 1.77. The first kappa shape index (κ1) is 17.3. The zero-order valence-electron chi connectivity index (χ0n) is 14.9. The van der Waals surface area contributed by atoms with Crippen LogP contribution in [0.1, 0.15) is 41.0 Å². The lowest BCUT2D eigenvalue weighted by Gasteiger charge is -2.32. The van der Waals surface area contributed by atoms with E-state index in [9.17, 15) is 0 Å². The van der Waals surface area contributed by atoms with E-state index in [1.54, 1.807) is 11.3 Å². The summed E-state index contributed by atoms with van der Waals surface area (Å²) in [6.07, 6.45) is 2.24. The second-order valence-electron chi connectivity index (χ2n) is 6.44. The van der Waals surface area contributed by atoms with Gasteiger partial charge in [0.1, 0.15) is 5.82 Å². The number of thiazole rings is 1. The Morgan fingerprint density at radius 2 is 2.25 bits per heavy atom. The van der Waals surface area contributed by atoms with Crippen molar-refractivity contribution in [2.45, 2.75) is 46.4 Å². The number of aryl methyl sites for hydroxylation is 2. The topological polar surface area (TPSA) is 50.3 Å². The minimum Gasteiger partial charge on any atom is -0.375 e. The molecule has 0 aliphatic carbocycles. The van der Waals surface area contributed by atoms with Gasteiger partial charge in [-0.1, -0.05) is 6.07 Å². The Kier molecular flexibility index (Phi) is 5.48. The van der Waals surface area contributed by atoms with Gasteiger partial charge in [0.05, 0.1) is 23.4 Å². The van der Waals surface area contributed by atoms with Crippen LogP contribution in [0.3, 0.4) is 0 Å². The van der Waals surface area contributed by atoms with Gasteiger partial charge in [-0.25, -0.2) is 9.97 Å². The van der Waals surface area contributed by atoms with Gasteiger partial charge < -0.3 is 15.0 Å². The quantitative estimate of drug-likeness (QED) is 0.901. The number of pyridine rings is 1. The van der Waals surface area contributed by atoms with Crippen LogP contribution in [0.25, 0.3) is 0 Å². The Morgan fingerprint density at radius 1 is 1.42 bits per heavy atom. The molecule has 2 atom stereocenters. The molecule has 2 unspecified atom stereocenters. The number of rotatable bonds is 5. The molecule has 1 saturated heterocycles. The van der Waals surface area contributed by atoms with E-state index in [4.69, 9.17) is 4.74 Å². The molecular weight excluding hydrogens is 320 g/mol. The van der Waals surface area contributed by atoms with Crippen LogP contribution in [0.4, 0.5) is 5.82 Å². The summed E-state index contributed by atoms with van der Waals surface area (Å²) in [4.78, 5) is 12.7. The fraction of sp³-hybridized carbons (Fsp3) is 0.556. The van der Waals surface area contributed by atoms with E-state index in [1.807, 2.05) is 6.20 Å². The summed E-state index contributed by atoms with van der Waals surface area (Å²) in [6.45, 7) is 11.8. The highest BCUT2D eigenvalue weighted by Gasteiger charge is 2.18. The molecule has 1 fully saturated rings. The van der Waals surface area contributed by atoms with Crippen molar-refractivity contribution < 1.29 is 4.74 Å². The predicted octanol–water partition coefficient (Wildman–Crippen LogP) is 3.23. The van der Waals surface area contributed by atoms with Crippen LogP contribution in [0.5, 0.6) is 0 Å². The highest BCUT2D eigenvalue weighted by Crippen LogP contribution is 2.24. The van der Waals surface area contributed by atoms with Crippen molar-refractivity contribution >= 4 is 17.2 Å². The number of nitrogens with zero attached hydrogens (tertiary/aromatic N) is 3. The molecular formula is C18H26N4OS. The second kappa shape index (κ2) is 7.59. The van der Waals surface area contributed by atoms with E-state index in [1.165, 1.54) is 10.4 Å². The normalized spacial score (nSPS) is 19.5. The maximum Gasteiger partial charge on any atom is 0.128 e. The average molecular weight is 346 g/mol. The number of anilines is 1. The van der Waals surface area contributed by atoms with Crippen LogP contribution in [0.2, 0.25) is 0 Å². The molecule has 0 amide bonds. The molecule has 0 saturated carbocycles. The number of aromatic nitrogens is 2. The van der Waals surface area contributed by atoms with E-state index in [0.717, 1.165) is 42.8 Å². The van der Waals surface area contributed by atoms with Gasteiger partial charge >= 0.3 is 0 Å². The van der Waals surface area contributed by atoms with E-state index in [-0.39, 0.29) is 6.10 Å². The van der Waals surface area contributed by atoms with E-state index < -0.39 is 0 Å². The predicted molar refractivity (Wildman–Crippen MR) is 98.7 cm³/mol. The standard InChI is InChI=1S/C18H26N4OS/c1-12-11-22(7-8-23-12)17-6-5-16(10-20-17)9-19-13(2)18-14(3)21-15(4)24-18/h5-6,10,12-13,19H,7-9,11H2,1-4H3. The number of morpholine rings is 1. The monoisotopic (exact) mass is 346 g/mol. The molecule has 1 aliphatic heterocycles. The summed E-state index contributed by atoms with van der Waals surface area (Å²) < 4.78 is 5.59. The highest BCUT2D eigenvalue weighted by molar-refractivity contribution is 7.11. The van der Waals surface area contributed by atoms with Crippen LogP contribution in [-0.4, -0.2) is 35.8 Å². The lowest BCUT2D eigenvalue weighted by Crippen LogP contribution is -2.41. The molecule has 0 radical (unpaired) electrons. The largest absolute Gasteiger partial charge is 0.375 e. The van der Waals surface area contributed by atoms with Gasteiger partial charge in [-0.15, -0.1) is 11.3 Å². The van der Waals surface area contributed by atoms with Gasteiger partial charge in [0.15, 0.2) is 0 Å². The Hall–Kier alpha value is -1.50. The molecule has 1 N–H and O–H groups in total. The SMILES string of the molecule is Cc1nc(C)c(C(C)NCc2ccc(N3CCOC(C)C3)nc2)s1. The molecule has 130 valence electrons. The zero-order valence-corrected chi connectivity index (χ0v) is 15.7. The zero-order chi connectivity index (χ0) is 17.1. The van der Waals surface area contributed by atoms with Crippen molar-refractivity contribution in [3.63, 3.8) is 0 Å². The molecule has 0 spiro atoms. The molecule has 2 aromatic heterocycles. The van der Waals surface area contributed by atoms with Crippen molar-refractivity contribution in [2.24, 2.45) is 0 Å². The maximum absolute atomic E-state index is 5.59. The van der Waals surface area contributed by atoms with Crippen molar-refractivity contribution in [1.82, 2.24) is 15.3 Å². The molecule has 5 nitrogen and oxygen atoms in total. The van der Waals surface area contributed by atoms with Gasteiger partial charge in [0.25, 0.3) is 0 Å². The Morgan fingerprint density at radius 3 is 2.88 bits per heavy atom. The van der Waals surface area contributed by atoms with Crippen molar-refractivity contribution in [3.8, 4) is 0 Å². The Labute approximate surface area is 148 Å². The third kappa shape index (κ3) is 4.12. The molecule has 6 heteroatoms. The van der Waals surface area contributed by atoms with E-state index >= 15 is 0 Å². The smallest absolute Gasteiger partial charge is 0.128 e. The minimum absolute atomic E-state index is 0.272. The van der Waals surface area contributed by atoms with Crippen LogP contribution in [-0.2, 0) is 11.3 Å². The molecule has 1 aliphatic rings. The van der Waals surface area contributed by atoms with Crippen LogP contribution in [0.15, 0.2) is 18.3 Å². The summed E-state index contributed by atoms with van der Waals surface area (Å²) in [5.74, 6) is 1.04. The summed E-state index contributed by atoms with van der Waals surface area (Å²) in [5.41, 5.74) is 2.33. The van der Waals surface area contributed by atoms with Gasteiger partial charge in [-0.05, 0) is 39.3 Å². The van der Waals surface area contributed by atoms with Crippen molar-refractivity contribution in [2.75, 3.05) is 24.6 Å². The van der Waals surface area contributed by atoms with Crippen molar-refractivity contribution in [3.05, 3.63) is 39.5 Å². The van der Waals surface area contributed by atoms with Gasteiger partial charge in [-0.3, -0.25) is 0 Å². The third-order valence-corrected chi connectivity index (χ3v) is 5.57. The van der Waals surface area contributed by atoms with Crippen LogP contribution < -0.4 is 10.2 Å². The average Bonchev–Trinajstić information content (AvgIpc) is 2.91. The first-order valence-corrected chi connectivity index (χ1v) is 9.33. The Bertz CT molecular complexity index is 670. The molecule has 0 bridgehead atoms. The summed E-state index contributed by atoms with van der Waals surface area (Å²) in [7, 11) is 0. The molecule has 2 aromatic rings. The second-order valence-corrected chi connectivity index (χ2v) is 7.67. The Balaban J connectivity index is 1.57. The number of ether oxygens (including phenoxy) is 1. The number of nitrogens with one attached hydrogen (secondary N) is 1. The number of hydrogen-bond acceptors (Lipinski definition) is 6. The lowest BCUT2D eigenvalue weighted by molar-refractivity contribution is 0.0529. The van der Waals surface area contributed by atoms with Gasteiger partial charge in [0.2, 0.25) is 0 Å². The third-order valence-electron chi connectivity index (χ3n) is 4.32. The molecule has 3 rings (SSSR count). The fourth-order valence-corrected chi connectivity index (χ4v) is 4.00. The van der Waals surface area contributed by atoms with Crippen LogP contribution >= 0.6 is 11.3 Å². The van der Waals surface area contributed by atoms with Crippen molar-refractivity contribution in [1.29, 1.82) is 0 Å². The minimum atomic E-state index is 0.272. The van der Waals surface area contributed by atoms with Gasteiger partial charge in [0, 0.05) is 36.8 Å².